The van der Waals surface area contributed by atoms with Gasteiger partial charge in [0.1, 0.15) is 0 Å². The summed E-state index contributed by atoms with van der Waals surface area (Å²) in [6, 6.07) is 5.11. The van der Waals surface area contributed by atoms with Crippen molar-refractivity contribution in [1.29, 1.82) is 0 Å². The molecule has 6 nitrogen and oxygen atoms in total. The lowest BCUT2D eigenvalue weighted by molar-refractivity contribution is 0.0721. The van der Waals surface area contributed by atoms with E-state index in [2.05, 4.69) is 0 Å². The van der Waals surface area contributed by atoms with Crippen LogP contribution in [-0.4, -0.2) is 62.9 Å². The SMILES string of the molecule is CCc1ccc(C(=O)N2CCCCC2)cc1S(=O)(=O)N1CCOCC1. The number of nitrogens with zero attached hydrogens (tertiary/aromatic N) is 2. The number of morpholine rings is 1. The number of amides is 1. The number of aryl methyl sites for hydroxylation is 1. The van der Waals surface area contributed by atoms with Gasteiger partial charge in [0.15, 0.2) is 0 Å². The normalized spacial score (nSPS) is 19.8. The molecule has 25 heavy (non-hydrogen) atoms. The summed E-state index contributed by atoms with van der Waals surface area (Å²) in [7, 11) is -3.61. The molecule has 3 rings (SSSR count). The maximum Gasteiger partial charge on any atom is 0.253 e. The van der Waals surface area contributed by atoms with Gasteiger partial charge >= 0.3 is 0 Å². The van der Waals surface area contributed by atoms with E-state index in [0.29, 0.717) is 38.3 Å². The van der Waals surface area contributed by atoms with Crippen LogP contribution in [0.1, 0.15) is 42.1 Å². The third kappa shape index (κ3) is 3.88. The van der Waals surface area contributed by atoms with Crippen LogP contribution in [0.15, 0.2) is 23.1 Å². The minimum absolute atomic E-state index is 0.0687. The molecular formula is C18H26N2O4S. The highest BCUT2D eigenvalue weighted by molar-refractivity contribution is 7.89. The van der Waals surface area contributed by atoms with E-state index in [-0.39, 0.29) is 10.8 Å². The molecule has 138 valence electrons. The quantitative estimate of drug-likeness (QED) is 0.816. The average Bonchev–Trinajstić information content (AvgIpc) is 2.68. The second-order valence-corrected chi connectivity index (χ2v) is 8.45. The highest BCUT2D eigenvalue weighted by Gasteiger charge is 2.29. The number of hydrogen-bond donors (Lipinski definition) is 0. The van der Waals surface area contributed by atoms with Gasteiger partial charge in [0.25, 0.3) is 5.91 Å². The van der Waals surface area contributed by atoms with Gasteiger partial charge in [-0.25, -0.2) is 8.42 Å². The van der Waals surface area contributed by atoms with Crippen LogP contribution in [0.2, 0.25) is 0 Å². The van der Waals surface area contributed by atoms with Crippen LogP contribution in [0.3, 0.4) is 0 Å². The molecule has 0 N–H and O–H groups in total. The van der Waals surface area contributed by atoms with E-state index in [9.17, 15) is 13.2 Å². The highest BCUT2D eigenvalue weighted by atomic mass is 32.2. The lowest BCUT2D eigenvalue weighted by Crippen LogP contribution is -2.41. The van der Waals surface area contributed by atoms with Crippen molar-refractivity contribution in [2.24, 2.45) is 0 Å². The molecule has 2 aliphatic rings. The molecule has 1 aromatic rings. The minimum Gasteiger partial charge on any atom is -0.379 e. The van der Waals surface area contributed by atoms with Crippen molar-refractivity contribution in [2.45, 2.75) is 37.5 Å². The molecule has 2 saturated heterocycles. The number of carbonyl (C=O) groups excluding carboxylic acids is 1. The number of ether oxygens (including phenoxy) is 1. The average molecular weight is 366 g/mol. The highest BCUT2D eigenvalue weighted by Crippen LogP contribution is 2.24. The zero-order valence-corrected chi connectivity index (χ0v) is 15.6. The van der Waals surface area contributed by atoms with Crippen molar-refractivity contribution in [2.75, 3.05) is 39.4 Å². The Kier molecular flexibility index (Phi) is 5.76. The fourth-order valence-corrected chi connectivity index (χ4v) is 5.15. The van der Waals surface area contributed by atoms with Crippen molar-refractivity contribution < 1.29 is 17.9 Å². The van der Waals surface area contributed by atoms with E-state index >= 15 is 0 Å². The number of benzene rings is 1. The molecule has 0 saturated carbocycles. The fourth-order valence-electron chi connectivity index (χ4n) is 3.43. The van der Waals surface area contributed by atoms with Crippen molar-refractivity contribution in [1.82, 2.24) is 9.21 Å². The molecule has 1 amide bonds. The maximum atomic E-state index is 13.1. The van der Waals surface area contributed by atoms with Crippen LogP contribution in [0, 0.1) is 0 Å². The number of hydrogen-bond acceptors (Lipinski definition) is 4. The Morgan fingerprint density at radius 1 is 1.08 bits per heavy atom. The Hall–Kier alpha value is -1.44. The molecule has 0 radical (unpaired) electrons. The van der Waals surface area contributed by atoms with E-state index in [1.807, 2.05) is 11.8 Å². The van der Waals surface area contributed by atoms with Gasteiger partial charge in [0, 0.05) is 31.7 Å². The van der Waals surface area contributed by atoms with Gasteiger partial charge < -0.3 is 9.64 Å². The molecule has 0 aromatic heterocycles. The third-order valence-corrected chi connectivity index (χ3v) is 6.91. The van der Waals surface area contributed by atoms with Crippen LogP contribution in [0.4, 0.5) is 0 Å². The van der Waals surface area contributed by atoms with Gasteiger partial charge in [-0.1, -0.05) is 13.0 Å². The number of carbonyl (C=O) groups is 1. The molecule has 2 heterocycles. The first-order chi connectivity index (χ1) is 12.0. The van der Waals surface area contributed by atoms with Crippen molar-refractivity contribution in [3.63, 3.8) is 0 Å². The minimum atomic E-state index is -3.61. The Bertz CT molecular complexity index is 721. The first kappa shape index (κ1) is 18.4. The van der Waals surface area contributed by atoms with Crippen LogP contribution >= 0.6 is 0 Å². The molecule has 0 spiro atoms. The van der Waals surface area contributed by atoms with Crippen LogP contribution in [0.25, 0.3) is 0 Å². The first-order valence-corrected chi connectivity index (χ1v) is 10.5. The number of rotatable bonds is 4. The summed E-state index contributed by atoms with van der Waals surface area (Å²) in [5.74, 6) is -0.0687. The Labute approximate surface area is 149 Å². The summed E-state index contributed by atoms with van der Waals surface area (Å²) >= 11 is 0. The zero-order valence-electron chi connectivity index (χ0n) is 14.7. The lowest BCUT2D eigenvalue weighted by Gasteiger charge is -2.28. The summed E-state index contributed by atoms with van der Waals surface area (Å²) in [5, 5.41) is 0. The van der Waals surface area contributed by atoms with E-state index in [1.54, 1.807) is 18.2 Å². The van der Waals surface area contributed by atoms with Crippen molar-refractivity contribution in [3.8, 4) is 0 Å². The van der Waals surface area contributed by atoms with Crippen LogP contribution < -0.4 is 0 Å². The fraction of sp³-hybridized carbons (Fsp3) is 0.611. The van der Waals surface area contributed by atoms with Gasteiger partial charge in [-0.3, -0.25) is 4.79 Å². The van der Waals surface area contributed by atoms with Crippen molar-refractivity contribution in [3.05, 3.63) is 29.3 Å². The van der Waals surface area contributed by atoms with Gasteiger partial charge in [-0.05, 0) is 43.4 Å². The van der Waals surface area contributed by atoms with Crippen LogP contribution in [0.5, 0.6) is 0 Å². The smallest absolute Gasteiger partial charge is 0.253 e. The summed E-state index contributed by atoms with van der Waals surface area (Å²) in [6.07, 6.45) is 3.78. The molecular weight excluding hydrogens is 340 g/mol. The van der Waals surface area contributed by atoms with E-state index < -0.39 is 10.0 Å². The van der Waals surface area contributed by atoms with Gasteiger partial charge in [-0.2, -0.15) is 4.31 Å². The lowest BCUT2D eigenvalue weighted by atomic mass is 10.1. The number of piperidine rings is 1. The number of likely N-dealkylation sites (tertiary alicyclic amines) is 1. The van der Waals surface area contributed by atoms with Gasteiger partial charge in [0.2, 0.25) is 10.0 Å². The van der Waals surface area contributed by atoms with E-state index in [1.165, 1.54) is 4.31 Å². The Morgan fingerprint density at radius 2 is 1.76 bits per heavy atom. The third-order valence-electron chi connectivity index (χ3n) is 4.93. The molecule has 0 atom stereocenters. The Morgan fingerprint density at radius 3 is 2.40 bits per heavy atom. The maximum absolute atomic E-state index is 13.1. The topological polar surface area (TPSA) is 66.9 Å². The standard InChI is InChI=1S/C18H26N2O4S/c1-2-15-6-7-16(18(21)19-8-4-3-5-9-19)14-17(15)25(22,23)20-10-12-24-13-11-20/h6-7,14H,2-5,8-13H2,1H3. The largest absolute Gasteiger partial charge is 0.379 e. The molecule has 2 fully saturated rings. The molecule has 0 unspecified atom stereocenters. The predicted molar refractivity (Wildman–Crippen MR) is 95.2 cm³/mol. The van der Waals surface area contributed by atoms with Gasteiger partial charge in [-0.15, -0.1) is 0 Å². The Balaban J connectivity index is 1.93. The summed E-state index contributed by atoms with van der Waals surface area (Å²) in [5.41, 5.74) is 1.22. The second kappa shape index (κ2) is 7.85. The molecule has 7 heteroatoms. The second-order valence-electron chi connectivity index (χ2n) is 6.55. The predicted octanol–water partition coefficient (Wildman–Crippen LogP) is 1.90. The number of sulfonamides is 1. The molecule has 2 aliphatic heterocycles. The van der Waals surface area contributed by atoms with Crippen LogP contribution in [-0.2, 0) is 21.2 Å². The molecule has 1 aromatic carbocycles. The van der Waals surface area contributed by atoms with Crippen molar-refractivity contribution >= 4 is 15.9 Å². The van der Waals surface area contributed by atoms with E-state index in [4.69, 9.17) is 4.74 Å². The van der Waals surface area contributed by atoms with E-state index in [0.717, 1.165) is 37.9 Å². The molecule has 0 aliphatic carbocycles. The summed E-state index contributed by atoms with van der Waals surface area (Å²) < 4.78 is 32.8. The summed E-state index contributed by atoms with van der Waals surface area (Å²) in [4.78, 5) is 14.8. The first-order valence-electron chi connectivity index (χ1n) is 9.04. The van der Waals surface area contributed by atoms with Gasteiger partial charge in [0.05, 0.1) is 18.1 Å². The monoisotopic (exact) mass is 366 g/mol. The zero-order chi connectivity index (χ0) is 17.9. The molecule has 0 bridgehead atoms. The summed E-state index contributed by atoms with van der Waals surface area (Å²) in [6.45, 7) is 4.96.